The van der Waals surface area contributed by atoms with E-state index >= 15 is 0 Å². The van der Waals surface area contributed by atoms with E-state index in [1.54, 1.807) is 6.20 Å². The van der Waals surface area contributed by atoms with Crippen LogP contribution in [0.25, 0.3) is 0 Å². The molecule has 0 bridgehead atoms. The number of nitrogens with zero attached hydrogens (tertiary/aromatic N) is 4. The molecule has 1 saturated heterocycles. The standard InChI is InChI=1S/C17H29ClN6/c1-4-19-17(21-10-12-23(3)5-2)22-14-8-11-24(13-14)16-15(18)7-6-9-20-16/h6-7,9,14H,4-5,8,10-13H2,1-3H3,(H2,19,21,22). The number of halogens is 1. The van der Waals surface area contributed by atoms with Gasteiger partial charge in [-0.2, -0.15) is 0 Å². The lowest BCUT2D eigenvalue weighted by molar-refractivity contribution is 0.363. The maximum Gasteiger partial charge on any atom is 0.191 e. The second kappa shape index (κ2) is 9.69. The van der Waals surface area contributed by atoms with E-state index in [-0.39, 0.29) is 0 Å². The number of anilines is 1. The fraction of sp³-hybridized carbons (Fsp3) is 0.647. The van der Waals surface area contributed by atoms with Crippen LogP contribution in [0.4, 0.5) is 5.82 Å². The lowest BCUT2D eigenvalue weighted by Crippen LogP contribution is -2.45. The van der Waals surface area contributed by atoms with Crippen molar-refractivity contribution in [2.24, 2.45) is 4.99 Å². The second-order valence-electron chi connectivity index (χ2n) is 6.04. The van der Waals surface area contributed by atoms with Crippen LogP contribution in [-0.2, 0) is 0 Å². The van der Waals surface area contributed by atoms with Crippen LogP contribution in [0, 0.1) is 0 Å². The second-order valence-corrected chi connectivity index (χ2v) is 6.45. The Bertz CT molecular complexity index is 536. The topological polar surface area (TPSA) is 55.8 Å². The zero-order valence-electron chi connectivity index (χ0n) is 14.9. The van der Waals surface area contributed by atoms with E-state index in [0.717, 1.165) is 57.5 Å². The Hall–Kier alpha value is -1.53. The smallest absolute Gasteiger partial charge is 0.191 e. The van der Waals surface area contributed by atoms with Crippen LogP contribution < -0.4 is 15.5 Å². The molecule has 2 rings (SSSR count). The van der Waals surface area contributed by atoms with Gasteiger partial charge in [-0.25, -0.2) is 4.98 Å². The Morgan fingerprint density at radius 3 is 3.04 bits per heavy atom. The average Bonchev–Trinajstić information content (AvgIpc) is 3.03. The first kappa shape index (κ1) is 18.8. The Balaban J connectivity index is 1.89. The summed E-state index contributed by atoms with van der Waals surface area (Å²) >= 11 is 6.25. The summed E-state index contributed by atoms with van der Waals surface area (Å²) in [5.41, 5.74) is 0. The molecule has 2 heterocycles. The number of aromatic nitrogens is 1. The molecule has 0 spiro atoms. The van der Waals surface area contributed by atoms with Crippen molar-refractivity contribution in [2.75, 3.05) is 51.2 Å². The van der Waals surface area contributed by atoms with Crippen molar-refractivity contribution in [1.29, 1.82) is 0 Å². The van der Waals surface area contributed by atoms with Gasteiger partial charge in [0.25, 0.3) is 0 Å². The van der Waals surface area contributed by atoms with E-state index < -0.39 is 0 Å². The molecule has 134 valence electrons. The molecule has 1 aromatic heterocycles. The van der Waals surface area contributed by atoms with Gasteiger partial charge < -0.3 is 20.4 Å². The van der Waals surface area contributed by atoms with Crippen molar-refractivity contribution in [3.63, 3.8) is 0 Å². The minimum Gasteiger partial charge on any atom is -0.357 e. The van der Waals surface area contributed by atoms with Crippen molar-refractivity contribution in [3.8, 4) is 0 Å². The number of aliphatic imine (C=N–C) groups is 1. The van der Waals surface area contributed by atoms with Gasteiger partial charge in [0.2, 0.25) is 0 Å². The molecule has 1 atom stereocenters. The Labute approximate surface area is 150 Å². The highest BCUT2D eigenvalue weighted by Gasteiger charge is 2.25. The number of rotatable bonds is 7. The first-order chi connectivity index (χ1) is 11.6. The maximum atomic E-state index is 6.25. The minimum absolute atomic E-state index is 0.352. The van der Waals surface area contributed by atoms with E-state index in [2.05, 4.69) is 51.3 Å². The minimum atomic E-state index is 0.352. The molecule has 0 amide bonds. The Morgan fingerprint density at radius 1 is 1.50 bits per heavy atom. The zero-order valence-corrected chi connectivity index (χ0v) is 15.7. The quantitative estimate of drug-likeness (QED) is 0.579. The molecule has 1 unspecified atom stereocenters. The van der Waals surface area contributed by atoms with Gasteiger partial charge in [0.05, 0.1) is 11.6 Å². The molecule has 1 aromatic rings. The van der Waals surface area contributed by atoms with Crippen molar-refractivity contribution in [3.05, 3.63) is 23.4 Å². The zero-order chi connectivity index (χ0) is 17.4. The van der Waals surface area contributed by atoms with Crippen LogP contribution in [-0.4, -0.2) is 68.2 Å². The first-order valence-corrected chi connectivity index (χ1v) is 9.10. The molecule has 2 N–H and O–H groups in total. The lowest BCUT2D eigenvalue weighted by Gasteiger charge is -2.20. The van der Waals surface area contributed by atoms with Crippen LogP contribution >= 0.6 is 11.6 Å². The SMILES string of the molecule is CCNC(=NCCN(C)CC)NC1CCN(c2ncccc2Cl)C1. The molecule has 0 aliphatic carbocycles. The molecule has 1 fully saturated rings. The highest BCUT2D eigenvalue weighted by atomic mass is 35.5. The van der Waals surface area contributed by atoms with Gasteiger partial charge in [-0.05, 0) is 39.1 Å². The summed E-state index contributed by atoms with van der Waals surface area (Å²) in [5.74, 6) is 1.76. The fourth-order valence-electron chi connectivity index (χ4n) is 2.68. The Kier molecular flexibility index (Phi) is 7.59. The summed E-state index contributed by atoms with van der Waals surface area (Å²) < 4.78 is 0. The van der Waals surface area contributed by atoms with Crippen LogP contribution in [0.3, 0.4) is 0 Å². The van der Waals surface area contributed by atoms with Crippen molar-refractivity contribution < 1.29 is 0 Å². The monoisotopic (exact) mass is 352 g/mol. The summed E-state index contributed by atoms with van der Waals surface area (Å²) in [5, 5.41) is 7.57. The van der Waals surface area contributed by atoms with E-state index in [1.165, 1.54) is 0 Å². The summed E-state index contributed by atoms with van der Waals surface area (Å²) in [7, 11) is 2.11. The molecular weight excluding hydrogens is 324 g/mol. The normalized spacial score (nSPS) is 18.3. The average molecular weight is 353 g/mol. The number of guanidine groups is 1. The van der Waals surface area contributed by atoms with Gasteiger partial charge in [-0.15, -0.1) is 0 Å². The third-order valence-electron chi connectivity index (χ3n) is 4.20. The van der Waals surface area contributed by atoms with Gasteiger partial charge in [-0.1, -0.05) is 18.5 Å². The van der Waals surface area contributed by atoms with Crippen LogP contribution in [0.15, 0.2) is 23.3 Å². The van der Waals surface area contributed by atoms with Crippen molar-refractivity contribution in [1.82, 2.24) is 20.5 Å². The molecule has 24 heavy (non-hydrogen) atoms. The van der Waals surface area contributed by atoms with Gasteiger partial charge in [-0.3, -0.25) is 4.99 Å². The van der Waals surface area contributed by atoms with E-state index in [9.17, 15) is 0 Å². The van der Waals surface area contributed by atoms with Gasteiger partial charge in [0.1, 0.15) is 5.82 Å². The van der Waals surface area contributed by atoms with Crippen molar-refractivity contribution >= 4 is 23.4 Å². The largest absolute Gasteiger partial charge is 0.357 e. The van der Waals surface area contributed by atoms with Crippen molar-refractivity contribution in [2.45, 2.75) is 26.3 Å². The highest BCUT2D eigenvalue weighted by molar-refractivity contribution is 6.32. The van der Waals surface area contributed by atoms with Crippen LogP contribution in [0.5, 0.6) is 0 Å². The molecule has 0 saturated carbocycles. The molecule has 0 radical (unpaired) electrons. The summed E-state index contributed by atoms with van der Waals surface area (Å²) in [4.78, 5) is 13.6. The molecule has 7 heteroatoms. The highest BCUT2D eigenvalue weighted by Crippen LogP contribution is 2.25. The number of hydrogen-bond acceptors (Lipinski definition) is 4. The van der Waals surface area contributed by atoms with E-state index in [4.69, 9.17) is 11.6 Å². The van der Waals surface area contributed by atoms with E-state index in [1.807, 2.05) is 12.1 Å². The van der Waals surface area contributed by atoms with Crippen LogP contribution in [0.2, 0.25) is 5.02 Å². The predicted molar refractivity (Wildman–Crippen MR) is 102 cm³/mol. The van der Waals surface area contributed by atoms with Gasteiger partial charge in [0, 0.05) is 38.4 Å². The number of likely N-dealkylation sites (N-methyl/N-ethyl adjacent to an activating group) is 1. The third kappa shape index (κ3) is 5.53. The summed E-state index contributed by atoms with van der Waals surface area (Å²) in [6, 6.07) is 4.10. The molecule has 1 aliphatic heterocycles. The maximum absolute atomic E-state index is 6.25. The third-order valence-corrected chi connectivity index (χ3v) is 4.50. The molecule has 0 aromatic carbocycles. The molecular formula is C17H29ClN6. The predicted octanol–water partition coefficient (Wildman–Crippen LogP) is 1.82. The number of hydrogen-bond donors (Lipinski definition) is 2. The number of pyridine rings is 1. The lowest BCUT2D eigenvalue weighted by atomic mass is 10.3. The first-order valence-electron chi connectivity index (χ1n) is 8.72. The van der Waals surface area contributed by atoms with E-state index in [0.29, 0.717) is 11.1 Å². The Morgan fingerprint density at radius 2 is 2.33 bits per heavy atom. The summed E-state index contributed by atoms with van der Waals surface area (Å²) in [6.45, 7) is 9.74. The van der Waals surface area contributed by atoms with Crippen LogP contribution in [0.1, 0.15) is 20.3 Å². The summed E-state index contributed by atoms with van der Waals surface area (Å²) in [6.07, 6.45) is 2.84. The fourth-order valence-corrected chi connectivity index (χ4v) is 2.93. The van der Waals surface area contributed by atoms with Gasteiger partial charge in [0.15, 0.2) is 5.96 Å². The molecule has 1 aliphatic rings. The van der Waals surface area contributed by atoms with Gasteiger partial charge >= 0.3 is 0 Å². The molecule has 6 nitrogen and oxygen atoms in total. The number of nitrogens with one attached hydrogen (secondary N) is 2.